The molecule has 1 heterocycles. The van der Waals surface area contributed by atoms with Crippen molar-refractivity contribution < 1.29 is 14.0 Å². The molecule has 0 unspecified atom stereocenters. The fourth-order valence-corrected chi connectivity index (χ4v) is 2.50. The molecule has 0 radical (unpaired) electrons. The molecule has 1 aromatic heterocycles. The maximum Gasteiger partial charge on any atom is 0.275 e. The average molecular weight is 392 g/mol. The van der Waals surface area contributed by atoms with E-state index in [1.807, 2.05) is 30.3 Å². The summed E-state index contributed by atoms with van der Waals surface area (Å²) in [6.07, 6.45) is 2.97. The molecule has 2 aromatic carbocycles. The zero-order valence-corrected chi connectivity index (χ0v) is 15.4. The number of thiocarbonyl (C=S) groups is 1. The van der Waals surface area contributed by atoms with Crippen LogP contribution < -0.4 is 21.7 Å². The van der Waals surface area contributed by atoms with Crippen LogP contribution in [0.1, 0.15) is 15.9 Å². The summed E-state index contributed by atoms with van der Waals surface area (Å²) < 4.78 is 5.33. The minimum absolute atomic E-state index is 0.0318. The molecule has 140 valence electrons. The van der Waals surface area contributed by atoms with Crippen LogP contribution in [0.3, 0.4) is 0 Å². The number of fused-ring (bicyclic) bond motifs is 1. The number of hydrazine groups is 1. The molecule has 3 aromatic rings. The highest BCUT2D eigenvalue weighted by Crippen LogP contribution is 2.12. The molecule has 0 spiro atoms. The Labute approximate surface area is 165 Å². The molecular formula is C20H16N4O3S. The van der Waals surface area contributed by atoms with Crippen LogP contribution in [0, 0.1) is 5.41 Å². The number of carbonyl (C=O) groups is 2. The fraction of sp³-hybridized carbons (Fsp3) is 0. The highest BCUT2D eigenvalue weighted by atomic mass is 32.1. The first-order valence-electron chi connectivity index (χ1n) is 8.25. The van der Waals surface area contributed by atoms with Gasteiger partial charge in [0.25, 0.3) is 5.91 Å². The van der Waals surface area contributed by atoms with Gasteiger partial charge in [-0.1, -0.05) is 48.5 Å². The van der Waals surface area contributed by atoms with Crippen LogP contribution in [0.15, 0.2) is 71.2 Å². The predicted molar refractivity (Wildman–Crippen MR) is 109 cm³/mol. The predicted octanol–water partition coefficient (Wildman–Crippen LogP) is 2.26. The number of hydrogen-bond donors (Lipinski definition) is 4. The lowest BCUT2D eigenvalue weighted by Gasteiger charge is -2.10. The number of hydrogen-bond acceptors (Lipinski definition) is 5. The van der Waals surface area contributed by atoms with Crippen molar-refractivity contribution in [2.24, 2.45) is 0 Å². The van der Waals surface area contributed by atoms with Gasteiger partial charge in [0.1, 0.15) is 11.1 Å². The lowest BCUT2D eigenvalue weighted by atomic mass is 10.2. The largest absolute Gasteiger partial charge is 0.438 e. The van der Waals surface area contributed by atoms with Gasteiger partial charge in [-0.2, -0.15) is 0 Å². The van der Waals surface area contributed by atoms with Gasteiger partial charge < -0.3 is 4.42 Å². The van der Waals surface area contributed by atoms with Crippen LogP contribution in [0.4, 0.5) is 0 Å². The summed E-state index contributed by atoms with van der Waals surface area (Å²) in [7, 11) is 0. The lowest BCUT2D eigenvalue weighted by Crippen LogP contribution is -2.48. The first kappa shape index (κ1) is 19.0. The molecule has 4 N–H and O–H groups in total. The Morgan fingerprint density at radius 2 is 1.71 bits per heavy atom. The molecule has 28 heavy (non-hydrogen) atoms. The topological polar surface area (TPSA) is 107 Å². The standard InChI is InChI=1S/C20H16N4O3S/c21-18-15(12-14-8-4-5-9-16(14)27-18)19(26)23-24-20(28)22-17(25)11-10-13-6-2-1-3-7-13/h1-12,21H,(H,23,26)(H2,22,24,25,28)/b11-10+,21-18?. The molecule has 3 rings (SSSR count). The van der Waals surface area contributed by atoms with Gasteiger partial charge in [-0.15, -0.1) is 0 Å². The molecule has 0 fully saturated rings. The molecule has 0 bridgehead atoms. The second-order valence-corrected chi connectivity index (χ2v) is 6.08. The van der Waals surface area contributed by atoms with Crippen molar-refractivity contribution in [2.75, 3.05) is 0 Å². The Bertz CT molecular complexity index is 1120. The Kier molecular flexibility index (Phi) is 5.93. The van der Waals surface area contributed by atoms with Gasteiger partial charge in [0.05, 0.1) is 0 Å². The van der Waals surface area contributed by atoms with Crippen molar-refractivity contribution in [3.63, 3.8) is 0 Å². The number of nitrogens with one attached hydrogen (secondary N) is 4. The SMILES string of the molecule is N=c1oc2ccccc2cc1C(=O)NNC(=S)NC(=O)/C=C/c1ccccc1. The van der Waals surface area contributed by atoms with Crippen LogP contribution in [-0.4, -0.2) is 16.9 Å². The van der Waals surface area contributed by atoms with Crippen LogP contribution in [0.25, 0.3) is 17.0 Å². The third-order valence-electron chi connectivity index (χ3n) is 3.67. The molecule has 2 amide bonds. The van der Waals surface area contributed by atoms with E-state index in [9.17, 15) is 9.59 Å². The molecular weight excluding hydrogens is 376 g/mol. The molecule has 0 saturated carbocycles. The van der Waals surface area contributed by atoms with E-state index in [2.05, 4.69) is 16.2 Å². The van der Waals surface area contributed by atoms with Crippen molar-refractivity contribution in [1.82, 2.24) is 16.2 Å². The lowest BCUT2D eigenvalue weighted by molar-refractivity contribution is -0.115. The Morgan fingerprint density at radius 3 is 2.50 bits per heavy atom. The van der Waals surface area contributed by atoms with Crippen LogP contribution in [0.2, 0.25) is 0 Å². The summed E-state index contributed by atoms with van der Waals surface area (Å²) in [6.45, 7) is 0. The fourth-order valence-electron chi connectivity index (χ4n) is 2.35. The zero-order chi connectivity index (χ0) is 19.9. The van der Waals surface area contributed by atoms with Crippen molar-refractivity contribution in [3.05, 3.63) is 83.4 Å². The highest BCUT2D eigenvalue weighted by Gasteiger charge is 2.12. The second-order valence-electron chi connectivity index (χ2n) is 5.67. The van der Waals surface area contributed by atoms with E-state index in [1.165, 1.54) is 6.08 Å². The maximum absolute atomic E-state index is 12.3. The molecule has 8 heteroatoms. The summed E-state index contributed by atoms with van der Waals surface area (Å²) in [4.78, 5) is 24.1. The molecule has 0 aliphatic rings. The van der Waals surface area contributed by atoms with Gasteiger partial charge in [0.15, 0.2) is 5.11 Å². The van der Waals surface area contributed by atoms with Crippen LogP contribution in [-0.2, 0) is 4.79 Å². The third-order valence-corrected chi connectivity index (χ3v) is 3.88. The number of benzene rings is 2. The number of amides is 2. The number of para-hydroxylation sites is 1. The van der Waals surface area contributed by atoms with Crippen LogP contribution >= 0.6 is 12.2 Å². The Morgan fingerprint density at radius 1 is 1.00 bits per heavy atom. The first-order chi connectivity index (χ1) is 13.5. The minimum atomic E-state index is -0.615. The molecule has 7 nitrogen and oxygen atoms in total. The van der Waals surface area contributed by atoms with Crippen molar-refractivity contribution in [3.8, 4) is 0 Å². The number of carbonyl (C=O) groups excluding carboxylic acids is 2. The molecule has 0 atom stereocenters. The maximum atomic E-state index is 12.3. The average Bonchev–Trinajstić information content (AvgIpc) is 2.70. The summed E-state index contributed by atoms with van der Waals surface area (Å²) in [6, 6.07) is 17.9. The highest BCUT2D eigenvalue weighted by molar-refractivity contribution is 7.80. The van der Waals surface area contributed by atoms with Crippen molar-refractivity contribution in [1.29, 1.82) is 5.41 Å². The Balaban J connectivity index is 1.56. The van der Waals surface area contributed by atoms with E-state index in [0.717, 1.165) is 5.56 Å². The van der Waals surface area contributed by atoms with E-state index in [4.69, 9.17) is 22.0 Å². The van der Waals surface area contributed by atoms with Gasteiger partial charge >= 0.3 is 0 Å². The van der Waals surface area contributed by atoms with E-state index in [-0.39, 0.29) is 16.2 Å². The number of rotatable bonds is 3. The van der Waals surface area contributed by atoms with Crippen molar-refractivity contribution in [2.45, 2.75) is 0 Å². The van der Waals surface area contributed by atoms with Gasteiger partial charge in [-0.3, -0.25) is 31.2 Å². The molecule has 0 aliphatic heterocycles. The molecule has 0 saturated heterocycles. The van der Waals surface area contributed by atoms with E-state index in [0.29, 0.717) is 11.0 Å². The van der Waals surface area contributed by atoms with E-state index < -0.39 is 11.8 Å². The van der Waals surface area contributed by atoms with E-state index >= 15 is 0 Å². The van der Waals surface area contributed by atoms with Gasteiger partial charge in [0, 0.05) is 11.5 Å². The van der Waals surface area contributed by atoms with Gasteiger partial charge in [0.2, 0.25) is 11.5 Å². The first-order valence-corrected chi connectivity index (χ1v) is 8.65. The quantitative estimate of drug-likeness (QED) is 0.311. The Hall–Kier alpha value is -3.78. The van der Waals surface area contributed by atoms with Gasteiger partial charge in [-0.05, 0) is 36.0 Å². The summed E-state index contributed by atoms with van der Waals surface area (Å²) in [5, 5.41) is 10.9. The normalized spacial score (nSPS) is 10.6. The smallest absolute Gasteiger partial charge is 0.275 e. The molecule has 0 aliphatic carbocycles. The summed E-state index contributed by atoms with van der Waals surface area (Å²) in [5.74, 6) is -1.06. The van der Waals surface area contributed by atoms with Crippen molar-refractivity contribution >= 4 is 46.2 Å². The van der Waals surface area contributed by atoms with E-state index in [1.54, 1.807) is 36.4 Å². The summed E-state index contributed by atoms with van der Waals surface area (Å²) >= 11 is 4.98. The van der Waals surface area contributed by atoms with Crippen LogP contribution in [0.5, 0.6) is 0 Å². The second kappa shape index (κ2) is 8.74. The monoisotopic (exact) mass is 392 g/mol. The minimum Gasteiger partial charge on any atom is -0.438 e. The summed E-state index contributed by atoms with van der Waals surface area (Å²) in [5.41, 5.74) is 5.89. The van der Waals surface area contributed by atoms with Gasteiger partial charge in [-0.25, -0.2) is 0 Å². The third kappa shape index (κ3) is 4.89. The zero-order valence-electron chi connectivity index (χ0n) is 14.6.